The minimum atomic E-state index is 0.440. The number of benzene rings is 1. The third-order valence-corrected chi connectivity index (χ3v) is 4.77. The van der Waals surface area contributed by atoms with Crippen LogP contribution in [0.1, 0.15) is 0 Å². The van der Waals surface area contributed by atoms with E-state index < -0.39 is 0 Å². The summed E-state index contributed by atoms with van der Waals surface area (Å²) in [5, 5.41) is 8.31. The van der Waals surface area contributed by atoms with Gasteiger partial charge in [-0.15, -0.1) is 4.41 Å². The number of nitrogens with zero attached hydrogens (tertiary/aromatic N) is 3. The Balaban J connectivity index is 0.000000272. The van der Waals surface area contributed by atoms with Gasteiger partial charge in [0.2, 0.25) is 18.1 Å². The van der Waals surface area contributed by atoms with E-state index in [2.05, 4.69) is 31.9 Å². The summed E-state index contributed by atoms with van der Waals surface area (Å²) in [6, 6.07) is 9.82. The predicted molar refractivity (Wildman–Crippen MR) is 93.2 cm³/mol. The van der Waals surface area contributed by atoms with Crippen molar-refractivity contribution in [2.75, 3.05) is 18.7 Å². The molecule has 1 aliphatic heterocycles. The minimum Gasteiger partial charge on any atom is -0.497 e. The largest absolute Gasteiger partial charge is 0.497 e. The molecule has 21 heavy (non-hydrogen) atoms. The molecule has 1 unspecified atom stereocenters. The first kappa shape index (κ1) is 16.0. The molecule has 0 saturated carbocycles. The van der Waals surface area contributed by atoms with Crippen molar-refractivity contribution in [1.29, 1.82) is 0 Å². The van der Waals surface area contributed by atoms with Crippen LogP contribution in [0.3, 0.4) is 0 Å². The molecule has 5 nitrogen and oxygen atoms in total. The van der Waals surface area contributed by atoms with Gasteiger partial charge in [-0.05, 0) is 36.4 Å². The molecule has 0 bridgehead atoms. The number of anilines is 1. The van der Waals surface area contributed by atoms with Gasteiger partial charge in [-0.25, -0.2) is 0 Å². The van der Waals surface area contributed by atoms with Crippen LogP contribution in [-0.2, 0) is 11.8 Å². The highest BCUT2D eigenvalue weighted by molar-refractivity contribution is 8.56. The van der Waals surface area contributed by atoms with Crippen molar-refractivity contribution in [3.8, 4) is 5.75 Å². The van der Waals surface area contributed by atoms with Gasteiger partial charge in [0.1, 0.15) is 5.75 Å². The molecule has 1 aromatic carbocycles. The van der Waals surface area contributed by atoms with E-state index in [0.29, 0.717) is 6.56 Å². The first-order valence-corrected chi connectivity index (χ1v) is 9.83. The number of methoxy groups -OCH3 is 1. The zero-order valence-electron chi connectivity index (χ0n) is 11.5. The minimum absolute atomic E-state index is 0.440. The van der Waals surface area contributed by atoms with E-state index in [1.54, 1.807) is 31.1 Å². The quantitative estimate of drug-likeness (QED) is 0.681. The fourth-order valence-electron chi connectivity index (χ4n) is 1.69. The fourth-order valence-corrected chi connectivity index (χ4v) is 3.69. The maximum Gasteiger partial charge on any atom is 0.249 e. The van der Waals surface area contributed by atoms with Crippen LogP contribution in [0, 0.1) is 0 Å². The monoisotopic (exact) mass is 339 g/mol. The molecule has 0 saturated heterocycles. The first-order chi connectivity index (χ1) is 10.3. The van der Waals surface area contributed by atoms with Crippen molar-refractivity contribution in [3.05, 3.63) is 55.0 Å². The van der Waals surface area contributed by atoms with Crippen LogP contribution in [-0.4, -0.2) is 28.3 Å². The lowest BCUT2D eigenvalue weighted by Gasteiger charge is -2.23. The van der Waals surface area contributed by atoms with Gasteiger partial charge in [0.05, 0.1) is 19.3 Å². The van der Waals surface area contributed by atoms with Crippen molar-refractivity contribution in [2.24, 2.45) is 0 Å². The number of H-pyrrole nitrogens is 1. The lowest BCUT2D eigenvalue weighted by Crippen LogP contribution is -2.27. The number of hydrazine groups is 1. The molecular weight excluding hydrogens is 323 g/mol. The number of aromatic nitrogens is 2. The molecule has 110 valence electrons. The highest BCUT2D eigenvalue weighted by Crippen LogP contribution is 2.32. The smallest absolute Gasteiger partial charge is 0.249 e. The molecule has 8 heteroatoms. The molecular formula is C13H16N4OPS2+. The molecule has 1 aromatic heterocycles. The molecule has 3 rings (SSSR count). The molecule has 1 aliphatic rings. The van der Waals surface area contributed by atoms with Crippen molar-refractivity contribution in [1.82, 2.24) is 14.6 Å². The normalized spacial score (nSPS) is 14.0. The number of rotatable bonds is 4. The van der Waals surface area contributed by atoms with E-state index in [1.165, 1.54) is 0 Å². The third kappa shape index (κ3) is 4.82. The zero-order chi connectivity index (χ0) is 14.9. The third-order valence-electron chi connectivity index (χ3n) is 2.63. The van der Waals surface area contributed by atoms with Gasteiger partial charge in [-0.1, -0.05) is 0 Å². The predicted octanol–water partition coefficient (Wildman–Crippen LogP) is 3.36. The number of hydrogen-bond donors (Lipinski definition) is 1. The molecule has 2 aromatic rings. The lowest BCUT2D eigenvalue weighted by molar-refractivity contribution is 0.414. The van der Waals surface area contributed by atoms with Crippen molar-refractivity contribution in [3.63, 3.8) is 0 Å². The van der Waals surface area contributed by atoms with Gasteiger partial charge in [0.25, 0.3) is 0 Å². The zero-order valence-corrected chi connectivity index (χ0v) is 14.1. The summed E-state index contributed by atoms with van der Waals surface area (Å²) in [6.45, 7) is 1.34. The highest BCUT2D eigenvalue weighted by atomic mass is 32.9. The van der Waals surface area contributed by atoms with Gasteiger partial charge in [0.15, 0.2) is 11.8 Å². The second-order valence-electron chi connectivity index (χ2n) is 3.90. The Bertz CT molecular complexity index is 545. The Kier molecular flexibility index (Phi) is 6.69. The SMILES string of the molecule is COc1ccc(N2C=CCN2S[PH+]=S)cc1.c1cn[nH]c1. The van der Waals surface area contributed by atoms with Crippen molar-refractivity contribution < 1.29 is 4.74 Å². The molecule has 0 fully saturated rings. The number of aromatic amines is 1. The summed E-state index contributed by atoms with van der Waals surface area (Å²) >= 11 is 6.67. The number of nitrogens with one attached hydrogen (secondary N) is 1. The molecule has 0 amide bonds. The summed E-state index contributed by atoms with van der Waals surface area (Å²) in [5.41, 5.74) is 1.12. The topological polar surface area (TPSA) is 44.4 Å². The summed E-state index contributed by atoms with van der Waals surface area (Å²) in [6.07, 6.45) is 7.64. The first-order valence-electron chi connectivity index (χ1n) is 6.20. The van der Waals surface area contributed by atoms with Crippen LogP contribution in [0.2, 0.25) is 0 Å². The standard InChI is InChI=1S/C10H11N2OPS2.C3H4N2/c1-13-10-5-3-9(4-6-10)11-7-2-8-12(11)16-14-15;1-2-4-5-3-1/h2-7H,8H2,1H3;1-3H,(H,4,5)/p+1. The van der Waals surface area contributed by atoms with Crippen LogP contribution >= 0.6 is 18.1 Å². The maximum atomic E-state index is 5.14. The van der Waals surface area contributed by atoms with E-state index in [0.717, 1.165) is 18.0 Å². The number of hydrogen-bond acceptors (Lipinski definition) is 6. The van der Waals surface area contributed by atoms with E-state index in [1.807, 2.05) is 30.3 Å². The van der Waals surface area contributed by atoms with Gasteiger partial charge in [-0.3, -0.25) is 10.1 Å². The van der Waals surface area contributed by atoms with Crippen molar-refractivity contribution in [2.45, 2.75) is 0 Å². The summed E-state index contributed by atoms with van der Waals surface area (Å²) in [5.74, 6) is 0.872. The van der Waals surface area contributed by atoms with Crippen LogP contribution in [0.25, 0.3) is 0 Å². The summed E-state index contributed by atoms with van der Waals surface area (Å²) < 4.78 is 7.28. The Labute approximate surface area is 134 Å². The van der Waals surface area contributed by atoms with E-state index >= 15 is 0 Å². The van der Waals surface area contributed by atoms with Gasteiger partial charge in [0, 0.05) is 18.6 Å². The highest BCUT2D eigenvalue weighted by Gasteiger charge is 2.21. The van der Waals surface area contributed by atoms with Crippen LogP contribution in [0.15, 0.2) is 55.0 Å². The summed E-state index contributed by atoms with van der Waals surface area (Å²) in [4.78, 5) is 0. The lowest BCUT2D eigenvalue weighted by atomic mass is 10.3. The van der Waals surface area contributed by atoms with E-state index in [4.69, 9.17) is 16.5 Å². The molecule has 1 N–H and O–H groups in total. The van der Waals surface area contributed by atoms with E-state index in [9.17, 15) is 0 Å². The molecule has 0 aliphatic carbocycles. The average Bonchev–Trinajstić information content (AvgIpc) is 3.22. The molecule has 0 spiro atoms. The van der Waals surface area contributed by atoms with Gasteiger partial charge in [-0.2, -0.15) is 5.10 Å². The average molecular weight is 339 g/mol. The Morgan fingerprint density at radius 3 is 2.71 bits per heavy atom. The van der Waals surface area contributed by atoms with Crippen LogP contribution < -0.4 is 9.75 Å². The molecule has 0 radical (unpaired) electrons. The van der Waals surface area contributed by atoms with E-state index in [-0.39, 0.29) is 0 Å². The molecule has 1 atom stereocenters. The second-order valence-corrected chi connectivity index (χ2v) is 7.22. The summed E-state index contributed by atoms with van der Waals surface area (Å²) in [7, 11) is 1.67. The second kappa shape index (κ2) is 8.79. The van der Waals surface area contributed by atoms with Gasteiger partial charge < -0.3 is 4.74 Å². The fraction of sp³-hybridized carbons (Fsp3) is 0.154. The van der Waals surface area contributed by atoms with Crippen molar-refractivity contribution >= 4 is 35.6 Å². The number of ether oxygens (including phenoxy) is 1. The maximum absolute atomic E-state index is 5.14. The Morgan fingerprint density at radius 2 is 2.19 bits per heavy atom. The van der Waals surface area contributed by atoms with Crippen LogP contribution in [0.4, 0.5) is 5.69 Å². The molecule has 2 heterocycles. The Hall–Kier alpha value is -1.40. The van der Waals surface area contributed by atoms with Crippen LogP contribution in [0.5, 0.6) is 5.75 Å². The van der Waals surface area contributed by atoms with Gasteiger partial charge >= 0.3 is 0 Å². The Morgan fingerprint density at radius 1 is 1.38 bits per heavy atom.